The Kier molecular flexibility index (Phi) is 17.4. The molecule has 0 radical (unpaired) electrons. The fourth-order valence-corrected chi connectivity index (χ4v) is 2.32. The summed E-state index contributed by atoms with van der Waals surface area (Å²) >= 11 is 0. The van der Waals surface area contributed by atoms with Gasteiger partial charge in [-0.15, -0.1) is 0 Å². The van der Waals surface area contributed by atoms with Crippen molar-refractivity contribution >= 4 is 0 Å². The van der Waals surface area contributed by atoms with Crippen molar-refractivity contribution in [2.45, 2.75) is 90.4 Å². The summed E-state index contributed by atoms with van der Waals surface area (Å²) in [6.07, 6.45) is 22.5. The molecular formula is C18H36O. The summed E-state index contributed by atoms with van der Waals surface area (Å²) in [6.45, 7) is 3.20. The second kappa shape index (κ2) is 17.7. The largest absolute Gasteiger partial charge is 0.385 e. The quantitative estimate of drug-likeness (QED) is 0.251. The molecule has 19 heavy (non-hydrogen) atoms. The van der Waals surface area contributed by atoms with Crippen molar-refractivity contribution in [3.8, 4) is 0 Å². The molecule has 0 heterocycles. The average molecular weight is 268 g/mol. The topological polar surface area (TPSA) is 9.23 Å². The number of allylic oxidation sites excluding steroid dienone is 2. The number of hydrogen-bond acceptors (Lipinski definition) is 1. The third-order valence-corrected chi connectivity index (χ3v) is 3.61. The number of ether oxygens (including phenoxy) is 1. The van der Waals surface area contributed by atoms with E-state index < -0.39 is 0 Å². The van der Waals surface area contributed by atoms with E-state index in [1.165, 1.54) is 83.5 Å². The molecule has 0 amide bonds. The molecule has 0 N–H and O–H groups in total. The molecule has 0 aliphatic rings. The zero-order valence-corrected chi connectivity index (χ0v) is 13.5. The van der Waals surface area contributed by atoms with Crippen LogP contribution in [-0.4, -0.2) is 13.7 Å². The summed E-state index contributed by atoms with van der Waals surface area (Å²) in [4.78, 5) is 0. The van der Waals surface area contributed by atoms with Crippen LogP contribution in [0.2, 0.25) is 0 Å². The van der Waals surface area contributed by atoms with Crippen LogP contribution in [0.1, 0.15) is 90.4 Å². The normalized spacial score (nSPS) is 11.5. The Morgan fingerprint density at radius 2 is 1.11 bits per heavy atom. The summed E-state index contributed by atoms with van der Waals surface area (Å²) in [7, 11) is 1.78. The zero-order valence-electron chi connectivity index (χ0n) is 13.5. The minimum atomic E-state index is 0.925. The maximum Gasteiger partial charge on any atom is 0.0462 e. The van der Waals surface area contributed by atoms with Crippen molar-refractivity contribution < 1.29 is 4.74 Å². The molecule has 0 fully saturated rings. The fourth-order valence-electron chi connectivity index (χ4n) is 2.32. The van der Waals surface area contributed by atoms with Crippen LogP contribution in [-0.2, 0) is 4.74 Å². The third kappa shape index (κ3) is 17.7. The van der Waals surface area contributed by atoms with Gasteiger partial charge in [-0.1, -0.05) is 70.4 Å². The van der Waals surface area contributed by atoms with Crippen molar-refractivity contribution in [2.24, 2.45) is 0 Å². The molecule has 0 saturated heterocycles. The van der Waals surface area contributed by atoms with Gasteiger partial charge in [0.25, 0.3) is 0 Å². The maximum absolute atomic E-state index is 5.04. The molecule has 114 valence electrons. The van der Waals surface area contributed by atoms with Crippen molar-refractivity contribution in [2.75, 3.05) is 13.7 Å². The van der Waals surface area contributed by atoms with Gasteiger partial charge in [-0.05, 0) is 32.1 Å². The predicted octanol–water partition coefficient (Wildman–Crippen LogP) is 6.28. The standard InChI is InChI=1S/C18H36O/c1-3-4-5-6-7-8-9-10-11-12-13-14-15-16-17-18-19-2/h11-12H,3-10,13-18H2,1-2H3/b12-11+. The highest BCUT2D eigenvalue weighted by molar-refractivity contribution is 4.81. The molecule has 1 heteroatoms. The lowest BCUT2D eigenvalue weighted by Crippen LogP contribution is -1.87. The van der Waals surface area contributed by atoms with E-state index in [4.69, 9.17) is 4.74 Å². The zero-order chi connectivity index (χ0) is 14.0. The molecule has 1 nitrogen and oxygen atoms in total. The summed E-state index contributed by atoms with van der Waals surface area (Å²) in [5, 5.41) is 0. The van der Waals surface area contributed by atoms with Gasteiger partial charge in [0.05, 0.1) is 0 Å². The minimum Gasteiger partial charge on any atom is -0.385 e. The first-order valence-corrected chi connectivity index (χ1v) is 8.55. The Hall–Kier alpha value is -0.300. The van der Waals surface area contributed by atoms with E-state index in [-0.39, 0.29) is 0 Å². The second-order valence-corrected chi connectivity index (χ2v) is 5.58. The van der Waals surface area contributed by atoms with E-state index in [9.17, 15) is 0 Å². The lowest BCUT2D eigenvalue weighted by Gasteiger charge is -1.99. The van der Waals surface area contributed by atoms with E-state index in [1.807, 2.05) is 0 Å². The van der Waals surface area contributed by atoms with Crippen molar-refractivity contribution in [1.29, 1.82) is 0 Å². The Labute approximate surface area is 121 Å². The molecule has 0 unspecified atom stereocenters. The second-order valence-electron chi connectivity index (χ2n) is 5.58. The van der Waals surface area contributed by atoms with Crippen LogP contribution in [0.15, 0.2) is 12.2 Å². The number of methoxy groups -OCH3 is 1. The van der Waals surface area contributed by atoms with Gasteiger partial charge in [-0.25, -0.2) is 0 Å². The summed E-state index contributed by atoms with van der Waals surface area (Å²) in [5.74, 6) is 0. The van der Waals surface area contributed by atoms with Crippen LogP contribution in [0.25, 0.3) is 0 Å². The molecule has 0 aliphatic carbocycles. The van der Waals surface area contributed by atoms with Crippen LogP contribution in [0.4, 0.5) is 0 Å². The highest BCUT2D eigenvalue weighted by atomic mass is 16.5. The molecule has 0 aromatic carbocycles. The fraction of sp³-hybridized carbons (Fsp3) is 0.889. The smallest absolute Gasteiger partial charge is 0.0462 e. The number of hydrogen-bond donors (Lipinski definition) is 0. The van der Waals surface area contributed by atoms with Crippen molar-refractivity contribution in [3.05, 3.63) is 12.2 Å². The van der Waals surface area contributed by atoms with Crippen LogP contribution in [0, 0.1) is 0 Å². The lowest BCUT2D eigenvalue weighted by molar-refractivity contribution is 0.192. The molecule has 0 aromatic heterocycles. The SMILES string of the molecule is CCCCCCCCC/C=C/CCCCCCOC. The Morgan fingerprint density at radius 1 is 0.632 bits per heavy atom. The Morgan fingerprint density at radius 3 is 1.63 bits per heavy atom. The van der Waals surface area contributed by atoms with E-state index >= 15 is 0 Å². The molecule has 0 atom stereocenters. The summed E-state index contributed by atoms with van der Waals surface area (Å²) in [5.41, 5.74) is 0. The van der Waals surface area contributed by atoms with Gasteiger partial charge in [-0.3, -0.25) is 0 Å². The summed E-state index contributed by atoms with van der Waals surface area (Å²) < 4.78 is 5.04. The first-order chi connectivity index (χ1) is 9.41. The van der Waals surface area contributed by atoms with E-state index in [0.717, 1.165) is 6.61 Å². The Balaban J connectivity index is 3.01. The van der Waals surface area contributed by atoms with Gasteiger partial charge in [-0.2, -0.15) is 0 Å². The monoisotopic (exact) mass is 268 g/mol. The molecule has 0 aromatic rings. The Bertz CT molecular complexity index is 175. The van der Waals surface area contributed by atoms with Crippen LogP contribution in [0.3, 0.4) is 0 Å². The molecular weight excluding hydrogens is 232 g/mol. The first-order valence-electron chi connectivity index (χ1n) is 8.55. The molecule has 0 saturated carbocycles. The van der Waals surface area contributed by atoms with Gasteiger partial charge in [0.15, 0.2) is 0 Å². The van der Waals surface area contributed by atoms with Crippen molar-refractivity contribution in [3.63, 3.8) is 0 Å². The summed E-state index contributed by atoms with van der Waals surface area (Å²) in [6, 6.07) is 0. The van der Waals surface area contributed by atoms with Gasteiger partial charge in [0, 0.05) is 13.7 Å². The van der Waals surface area contributed by atoms with Crippen LogP contribution in [0.5, 0.6) is 0 Å². The molecule has 0 spiro atoms. The molecule has 0 bridgehead atoms. The van der Waals surface area contributed by atoms with Crippen molar-refractivity contribution in [1.82, 2.24) is 0 Å². The van der Waals surface area contributed by atoms with Crippen LogP contribution >= 0.6 is 0 Å². The molecule has 0 rings (SSSR count). The predicted molar refractivity (Wildman–Crippen MR) is 86.7 cm³/mol. The highest BCUT2D eigenvalue weighted by Crippen LogP contribution is 2.09. The van der Waals surface area contributed by atoms with Gasteiger partial charge in [0.1, 0.15) is 0 Å². The lowest BCUT2D eigenvalue weighted by atomic mass is 10.1. The highest BCUT2D eigenvalue weighted by Gasteiger charge is 1.90. The van der Waals surface area contributed by atoms with Gasteiger partial charge >= 0.3 is 0 Å². The van der Waals surface area contributed by atoms with Crippen LogP contribution < -0.4 is 0 Å². The molecule has 0 aliphatic heterocycles. The van der Waals surface area contributed by atoms with E-state index in [2.05, 4.69) is 19.1 Å². The van der Waals surface area contributed by atoms with E-state index in [1.54, 1.807) is 7.11 Å². The first kappa shape index (κ1) is 18.7. The minimum absolute atomic E-state index is 0.925. The third-order valence-electron chi connectivity index (χ3n) is 3.61. The van der Waals surface area contributed by atoms with Gasteiger partial charge < -0.3 is 4.74 Å². The average Bonchev–Trinajstić information content (AvgIpc) is 2.43. The number of rotatable bonds is 15. The van der Waals surface area contributed by atoms with Gasteiger partial charge in [0.2, 0.25) is 0 Å². The maximum atomic E-state index is 5.04. The number of unbranched alkanes of at least 4 members (excludes halogenated alkanes) is 11. The van der Waals surface area contributed by atoms with E-state index in [0.29, 0.717) is 0 Å².